The number of hydrogen-bond donors (Lipinski definition) is 1. The fourth-order valence-corrected chi connectivity index (χ4v) is 4.96. The number of hydrogen-bond acceptors (Lipinski definition) is 3. The lowest BCUT2D eigenvalue weighted by Crippen LogP contribution is -2.17. The van der Waals surface area contributed by atoms with Crippen LogP contribution >= 0.6 is 0 Å². The third-order valence-electron chi connectivity index (χ3n) is 6.69. The summed E-state index contributed by atoms with van der Waals surface area (Å²) in [5.74, 6) is 0. The van der Waals surface area contributed by atoms with E-state index < -0.39 is 0 Å². The van der Waals surface area contributed by atoms with Gasteiger partial charge in [-0.15, -0.1) is 0 Å². The van der Waals surface area contributed by atoms with Crippen molar-refractivity contribution in [2.75, 3.05) is 19.8 Å². The second-order valence-electron chi connectivity index (χ2n) is 8.97. The Labute approximate surface area is 224 Å². The minimum absolute atomic E-state index is 0.560. The number of nitrogens with zero attached hydrogens (tertiary/aromatic N) is 2. The fraction of sp³-hybridized carbons (Fsp3) is 0.143. The monoisotopic (exact) mass is 495 g/mol. The van der Waals surface area contributed by atoms with E-state index in [1.54, 1.807) is 0 Å². The summed E-state index contributed by atoms with van der Waals surface area (Å²) in [7, 11) is 0. The highest BCUT2D eigenvalue weighted by atomic mass is 15.0. The number of fused-ring (bicyclic) bond motifs is 4. The maximum Gasteiger partial charge on any atom is 0.0885 e. The van der Waals surface area contributed by atoms with E-state index in [4.69, 9.17) is 9.98 Å². The molecule has 38 heavy (non-hydrogen) atoms. The van der Waals surface area contributed by atoms with Gasteiger partial charge in [-0.05, 0) is 55.2 Å². The van der Waals surface area contributed by atoms with E-state index in [-0.39, 0.29) is 0 Å². The summed E-state index contributed by atoms with van der Waals surface area (Å²) in [6.45, 7) is 6.03. The van der Waals surface area contributed by atoms with E-state index in [0.717, 1.165) is 6.54 Å². The molecule has 0 aromatic heterocycles. The first-order valence-corrected chi connectivity index (χ1v) is 13.4. The summed E-state index contributed by atoms with van der Waals surface area (Å²) in [6.07, 6.45) is 4.03. The maximum absolute atomic E-state index is 4.74. The molecular weight excluding hydrogens is 462 g/mol. The number of nitrogens with one attached hydrogen (secondary N) is 1. The lowest BCUT2D eigenvalue weighted by molar-refractivity contribution is 0.713. The summed E-state index contributed by atoms with van der Waals surface area (Å²) >= 11 is 0. The highest BCUT2D eigenvalue weighted by Crippen LogP contribution is 2.28. The van der Waals surface area contributed by atoms with Crippen LogP contribution in [0.25, 0.3) is 43.1 Å². The Balaban J connectivity index is 0.00000144. The van der Waals surface area contributed by atoms with Crippen LogP contribution < -0.4 is 5.32 Å². The van der Waals surface area contributed by atoms with Crippen LogP contribution in [0, 0.1) is 0 Å². The molecule has 0 aliphatic rings. The van der Waals surface area contributed by atoms with Crippen LogP contribution in [-0.4, -0.2) is 32.2 Å². The predicted octanol–water partition coefficient (Wildman–Crippen LogP) is 8.41. The van der Waals surface area contributed by atoms with Crippen molar-refractivity contribution in [2.24, 2.45) is 9.98 Å². The smallest absolute Gasteiger partial charge is 0.0885 e. The van der Waals surface area contributed by atoms with Gasteiger partial charge in [-0.3, -0.25) is 15.3 Å². The first-order valence-electron chi connectivity index (χ1n) is 13.4. The number of aliphatic imine (C=N–C) groups is 2. The molecule has 1 N–H and O–H groups in total. The minimum atomic E-state index is 0.560. The van der Waals surface area contributed by atoms with Gasteiger partial charge in [0.1, 0.15) is 0 Å². The number of rotatable bonds is 7. The van der Waals surface area contributed by atoms with Gasteiger partial charge in [0.2, 0.25) is 0 Å². The van der Waals surface area contributed by atoms with Gasteiger partial charge >= 0.3 is 0 Å². The Morgan fingerprint density at radius 3 is 1.32 bits per heavy atom. The van der Waals surface area contributed by atoms with Crippen LogP contribution in [-0.2, 0) is 0 Å². The molecule has 188 valence electrons. The summed E-state index contributed by atoms with van der Waals surface area (Å²) in [4.78, 5) is 9.43. The molecule has 0 saturated heterocycles. The molecule has 0 bridgehead atoms. The molecule has 6 aromatic rings. The van der Waals surface area contributed by atoms with Crippen molar-refractivity contribution >= 4 is 55.5 Å². The van der Waals surface area contributed by atoms with E-state index >= 15 is 0 Å². The molecule has 3 nitrogen and oxygen atoms in total. The Kier molecular flexibility index (Phi) is 8.17. The zero-order valence-corrected chi connectivity index (χ0v) is 22.1. The first-order chi connectivity index (χ1) is 18.9. The van der Waals surface area contributed by atoms with Gasteiger partial charge in [-0.2, -0.15) is 0 Å². The Morgan fingerprint density at radius 2 is 0.895 bits per heavy atom. The lowest BCUT2D eigenvalue weighted by atomic mass is 9.97. The van der Waals surface area contributed by atoms with Crippen LogP contribution in [0.2, 0.25) is 0 Å². The molecule has 0 radical (unpaired) electrons. The van der Waals surface area contributed by atoms with Gasteiger partial charge < -0.3 is 0 Å². The van der Waals surface area contributed by atoms with Gasteiger partial charge in [0, 0.05) is 30.1 Å². The summed E-state index contributed by atoms with van der Waals surface area (Å²) in [6, 6.07) is 38.5. The van der Waals surface area contributed by atoms with Crippen molar-refractivity contribution in [3.8, 4) is 0 Å². The normalized spacial score (nSPS) is 11.6. The van der Waals surface area contributed by atoms with Crippen molar-refractivity contribution in [1.29, 1.82) is 0 Å². The minimum Gasteiger partial charge on any atom is -0.296 e. The predicted molar refractivity (Wildman–Crippen MR) is 167 cm³/mol. The van der Waals surface area contributed by atoms with Gasteiger partial charge in [0.15, 0.2) is 0 Å². The van der Waals surface area contributed by atoms with Crippen molar-refractivity contribution in [3.05, 3.63) is 120 Å². The second kappa shape index (κ2) is 12.3. The van der Waals surface area contributed by atoms with Crippen LogP contribution in [0.15, 0.2) is 119 Å². The molecule has 0 saturated carbocycles. The van der Waals surface area contributed by atoms with Crippen LogP contribution in [0.3, 0.4) is 0 Å². The quantitative estimate of drug-likeness (QED) is 0.135. The largest absolute Gasteiger partial charge is 0.296 e. The Hall–Kier alpha value is -4.34. The first kappa shape index (κ1) is 25.3. The number of benzene rings is 6. The van der Waals surface area contributed by atoms with Gasteiger partial charge in [0.25, 0.3) is 0 Å². The fourth-order valence-electron chi connectivity index (χ4n) is 4.96. The zero-order valence-electron chi connectivity index (χ0n) is 22.1. The van der Waals surface area contributed by atoms with E-state index in [1.807, 2.05) is 26.3 Å². The average Bonchev–Trinajstić information content (AvgIpc) is 2.98. The molecule has 0 aliphatic carbocycles. The van der Waals surface area contributed by atoms with E-state index in [0.29, 0.717) is 13.2 Å². The van der Waals surface area contributed by atoms with Crippen molar-refractivity contribution < 1.29 is 0 Å². The molecule has 3 heteroatoms. The topological polar surface area (TPSA) is 36.8 Å². The summed E-state index contributed by atoms with van der Waals surface area (Å²) < 4.78 is 0. The molecule has 0 spiro atoms. The molecule has 0 fully saturated rings. The van der Waals surface area contributed by atoms with Crippen LogP contribution in [0.4, 0.5) is 0 Å². The van der Waals surface area contributed by atoms with Crippen molar-refractivity contribution in [1.82, 2.24) is 5.32 Å². The van der Waals surface area contributed by atoms with Gasteiger partial charge in [-0.1, -0.05) is 111 Å². The van der Waals surface area contributed by atoms with Gasteiger partial charge in [0.05, 0.1) is 13.2 Å². The summed E-state index contributed by atoms with van der Waals surface area (Å²) in [5.41, 5.74) is 2.36. The zero-order chi connectivity index (χ0) is 26.2. The molecule has 0 atom stereocenters. The van der Waals surface area contributed by atoms with Gasteiger partial charge in [-0.25, -0.2) is 0 Å². The molecule has 0 unspecified atom stereocenters. The lowest BCUT2D eigenvalue weighted by Gasteiger charge is -2.08. The van der Waals surface area contributed by atoms with E-state index in [9.17, 15) is 0 Å². The Morgan fingerprint density at radius 1 is 0.526 bits per heavy atom. The summed E-state index contributed by atoms with van der Waals surface area (Å²) in [5, 5.41) is 13.3. The molecule has 0 aliphatic heterocycles. The second-order valence-corrected chi connectivity index (χ2v) is 8.97. The van der Waals surface area contributed by atoms with E-state index in [1.165, 1.54) is 54.2 Å². The van der Waals surface area contributed by atoms with E-state index in [2.05, 4.69) is 115 Å². The Bertz CT molecular complexity index is 1510. The standard InChI is InChI=1S/C33H27N3.C2H6/c1-5-13-28-24(9-1)19-25-10-2-6-14-29(25)32(28)21-34-17-18-35-23-36-22-33-30-15-7-3-11-26(30)20-27-12-4-8-16-31(27)33;1-2/h1-16,19-22,35H,17-18,23H2;1-2H3/b34-21?,36-22-;. The highest BCUT2D eigenvalue weighted by molar-refractivity contribution is 6.14. The molecule has 6 rings (SSSR count). The van der Waals surface area contributed by atoms with Crippen LogP contribution in [0.1, 0.15) is 25.0 Å². The molecule has 0 heterocycles. The molecule has 0 amide bonds. The highest BCUT2D eigenvalue weighted by Gasteiger charge is 2.06. The third-order valence-corrected chi connectivity index (χ3v) is 6.69. The van der Waals surface area contributed by atoms with Crippen molar-refractivity contribution in [2.45, 2.75) is 13.8 Å². The molecular formula is C35H33N3. The SMILES string of the molecule is C(=NCCNC/N=C\c1c2ccccc2cc2ccccc12)c1c2ccccc2cc2ccccc12.CC. The molecule has 6 aromatic carbocycles. The van der Waals surface area contributed by atoms with Crippen molar-refractivity contribution in [3.63, 3.8) is 0 Å². The van der Waals surface area contributed by atoms with Crippen LogP contribution in [0.5, 0.6) is 0 Å². The average molecular weight is 496 g/mol. The maximum atomic E-state index is 4.74. The third kappa shape index (κ3) is 5.34.